The molecule has 1 heterocycles. The molecule has 4 heteroatoms. The molecule has 0 saturated carbocycles. The molecule has 0 spiro atoms. The number of pyridine rings is 1. The first-order valence-corrected chi connectivity index (χ1v) is 6.26. The SMILES string of the molecule is COCC(C)CC(N)Cc1ccc(Br)cn1. The second kappa shape index (κ2) is 6.99. The molecular weight excluding hydrogens is 268 g/mol. The van der Waals surface area contributed by atoms with Gasteiger partial charge in [-0.2, -0.15) is 0 Å². The summed E-state index contributed by atoms with van der Waals surface area (Å²) in [6.07, 6.45) is 3.59. The van der Waals surface area contributed by atoms with Crippen molar-refractivity contribution in [1.82, 2.24) is 4.98 Å². The zero-order valence-electron chi connectivity index (χ0n) is 9.82. The fourth-order valence-corrected chi connectivity index (χ4v) is 1.98. The van der Waals surface area contributed by atoms with Gasteiger partial charge in [0, 0.05) is 42.5 Å². The molecule has 0 amide bonds. The number of nitrogens with two attached hydrogens (primary N) is 1. The summed E-state index contributed by atoms with van der Waals surface area (Å²) in [5.74, 6) is 0.496. The Morgan fingerprint density at radius 1 is 1.50 bits per heavy atom. The topological polar surface area (TPSA) is 48.1 Å². The maximum Gasteiger partial charge on any atom is 0.0488 e. The van der Waals surface area contributed by atoms with Crippen molar-refractivity contribution >= 4 is 15.9 Å². The van der Waals surface area contributed by atoms with E-state index in [1.54, 1.807) is 13.3 Å². The Hall–Kier alpha value is -0.450. The van der Waals surface area contributed by atoms with Crippen LogP contribution in [0.25, 0.3) is 0 Å². The molecule has 2 atom stereocenters. The molecule has 0 bridgehead atoms. The van der Waals surface area contributed by atoms with Crippen molar-refractivity contribution in [1.29, 1.82) is 0 Å². The summed E-state index contributed by atoms with van der Waals surface area (Å²) in [7, 11) is 1.72. The summed E-state index contributed by atoms with van der Waals surface area (Å²) in [4.78, 5) is 4.31. The van der Waals surface area contributed by atoms with E-state index in [0.29, 0.717) is 5.92 Å². The Morgan fingerprint density at radius 3 is 2.81 bits per heavy atom. The second-order valence-electron chi connectivity index (χ2n) is 4.23. The van der Waals surface area contributed by atoms with Gasteiger partial charge in [-0.15, -0.1) is 0 Å². The van der Waals surface area contributed by atoms with Gasteiger partial charge >= 0.3 is 0 Å². The highest BCUT2D eigenvalue weighted by Gasteiger charge is 2.10. The van der Waals surface area contributed by atoms with Crippen molar-refractivity contribution in [3.8, 4) is 0 Å². The number of aromatic nitrogens is 1. The zero-order valence-corrected chi connectivity index (χ0v) is 11.4. The van der Waals surface area contributed by atoms with E-state index in [2.05, 4.69) is 27.8 Å². The largest absolute Gasteiger partial charge is 0.384 e. The van der Waals surface area contributed by atoms with Crippen molar-refractivity contribution < 1.29 is 4.74 Å². The van der Waals surface area contributed by atoms with Gasteiger partial charge in [-0.1, -0.05) is 6.92 Å². The van der Waals surface area contributed by atoms with E-state index in [9.17, 15) is 0 Å². The Bertz CT molecular complexity index is 302. The molecule has 0 radical (unpaired) electrons. The molecule has 2 N–H and O–H groups in total. The lowest BCUT2D eigenvalue weighted by Crippen LogP contribution is -2.27. The Kier molecular flexibility index (Phi) is 5.95. The normalized spacial score (nSPS) is 14.8. The van der Waals surface area contributed by atoms with Gasteiger partial charge in [0.05, 0.1) is 0 Å². The van der Waals surface area contributed by atoms with Gasteiger partial charge in [0.1, 0.15) is 0 Å². The molecule has 0 saturated heterocycles. The molecule has 0 aliphatic carbocycles. The lowest BCUT2D eigenvalue weighted by atomic mass is 9.99. The summed E-state index contributed by atoms with van der Waals surface area (Å²) in [6.45, 7) is 2.92. The van der Waals surface area contributed by atoms with Crippen molar-refractivity contribution in [2.45, 2.75) is 25.8 Å². The monoisotopic (exact) mass is 286 g/mol. The summed E-state index contributed by atoms with van der Waals surface area (Å²) in [5.41, 5.74) is 7.11. The first kappa shape index (κ1) is 13.6. The van der Waals surface area contributed by atoms with Crippen LogP contribution in [-0.2, 0) is 11.2 Å². The predicted octanol–water partition coefficient (Wildman–Crippen LogP) is 2.39. The third-order valence-corrected chi connectivity index (χ3v) is 2.89. The van der Waals surface area contributed by atoms with Crippen LogP contribution in [0.3, 0.4) is 0 Å². The first-order valence-electron chi connectivity index (χ1n) is 5.46. The minimum Gasteiger partial charge on any atom is -0.384 e. The van der Waals surface area contributed by atoms with Crippen LogP contribution in [0.2, 0.25) is 0 Å². The van der Waals surface area contributed by atoms with E-state index in [4.69, 9.17) is 10.5 Å². The number of ether oxygens (including phenoxy) is 1. The van der Waals surface area contributed by atoms with Crippen LogP contribution in [0.15, 0.2) is 22.8 Å². The maximum absolute atomic E-state index is 6.07. The number of hydrogen-bond acceptors (Lipinski definition) is 3. The molecule has 16 heavy (non-hydrogen) atoms. The Labute approximate surface area is 106 Å². The van der Waals surface area contributed by atoms with Gasteiger partial charge in [0.25, 0.3) is 0 Å². The first-order chi connectivity index (χ1) is 7.61. The molecule has 0 aromatic carbocycles. The minimum atomic E-state index is 0.152. The molecule has 0 aliphatic heterocycles. The molecule has 2 unspecified atom stereocenters. The van der Waals surface area contributed by atoms with Crippen molar-refractivity contribution in [2.24, 2.45) is 11.7 Å². The van der Waals surface area contributed by atoms with E-state index in [-0.39, 0.29) is 6.04 Å². The number of hydrogen-bond donors (Lipinski definition) is 1. The van der Waals surface area contributed by atoms with Gasteiger partial charge < -0.3 is 10.5 Å². The van der Waals surface area contributed by atoms with E-state index in [0.717, 1.165) is 29.6 Å². The van der Waals surface area contributed by atoms with E-state index >= 15 is 0 Å². The smallest absolute Gasteiger partial charge is 0.0488 e. The number of nitrogens with zero attached hydrogens (tertiary/aromatic N) is 1. The van der Waals surface area contributed by atoms with Crippen LogP contribution in [0.5, 0.6) is 0 Å². The van der Waals surface area contributed by atoms with Gasteiger partial charge in [0.2, 0.25) is 0 Å². The molecule has 1 aromatic heterocycles. The number of halogens is 1. The van der Waals surface area contributed by atoms with Crippen molar-refractivity contribution in [3.05, 3.63) is 28.5 Å². The summed E-state index contributed by atoms with van der Waals surface area (Å²) >= 11 is 3.36. The standard InChI is InChI=1S/C12H19BrN2O/c1-9(8-16-2)5-11(14)6-12-4-3-10(13)7-15-12/h3-4,7,9,11H,5-6,8,14H2,1-2H3. The number of methoxy groups -OCH3 is 1. The van der Waals surface area contributed by atoms with Crippen LogP contribution >= 0.6 is 15.9 Å². The van der Waals surface area contributed by atoms with Gasteiger partial charge in [-0.05, 0) is 40.4 Å². The van der Waals surface area contributed by atoms with Gasteiger partial charge in [0.15, 0.2) is 0 Å². The van der Waals surface area contributed by atoms with Crippen LogP contribution in [-0.4, -0.2) is 24.7 Å². The molecule has 1 aromatic rings. The minimum absolute atomic E-state index is 0.152. The van der Waals surface area contributed by atoms with E-state index < -0.39 is 0 Å². The molecule has 3 nitrogen and oxygen atoms in total. The highest BCUT2D eigenvalue weighted by Crippen LogP contribution is 2.11. The third-order valence-electron chi connectivity index (χ3n) is 2.42. The predicted molar refractivity (Wildman–Crippen MR) is 69.3 cm³/mol. The summed E-state index contributed by atoms with van der Waals surface area (Å²) < 4.78 is 6.09. The van der Waals surface area contributed by atoms with E-state index in [1.807, 2.05) is 12.1 Å². The van der Waals surface area contributed by atoms with E-state index in [1.165, 1.54) is 0 Å². The molecule has 0 aliphatic rings. The maximum atomic E-state index is 6.07. The van der Waals surface area contributed by atoms with Crippen LogP contribution < -0.4 is 5.73 Å². The van der Waals surface area contributed by atoms with Crippen LogP contribution in [0.4, 0.5) is 0 Å². The summed E-state index contributed by atoms with van der Waals surface area (Å²) in [6, 6.07) is 4.15. The number of rotatable bonds is 6. The fourth-order valence-electron chi connectivity index (χ4n) is 1.75. The van der Waals surface area contributed by atoms with Crippen molar-refractivity contribution in [2.75, 3.05) is 13.7 Å². The average Bonchev–Trinajstić information content (AvgIpc) is 2.21. The average molecular weight is 287 g/mol. The van der Waals surface area contributed by atoms with Crippen LogP contribution in [0, 0.1) is 5.92 Å². The second-order valence-corrected chi connectivity index (χ2v) is 5.14. The zero-order chi connectivity index (χ0) is 12.0. The van der Waals surface area contributed by atoms with Gasteiger partial charge in [-0.3, -0.25) is 4.98 Å². The fraction of sp³-hybridized carbons (Fsp3) is 0.583. The summed E-state index contributed by atoms with van der Waals surface area (Å²) in [5, 5.41) is 0. The molecular formula is C12H19BrN2O. The highest BCUT2D eigenvalue weighted by atomic mass is 79.9. The third kappa shape index (κ3) is 5.05. The lowest BCUT2D eigenvalue weighted by molar-refractivity contribution is 0.152. The molecule has 90 valence electrons. The molecule has 0 fully saturated rings. The van der Waals surface area contributed by atoms with Crippen molar-refractivity contribution in [3.63, 3.8) is 0 Å². The highest BCUT2D eigenvalue weighted by molar-refractivity contribution is 9.10. The van der Waals surface area contributed by atoms with Crippen LogP contribution in [0.1, 0.15) is 19.0 Å². The lowest BCUT2D eigenvalue weighted by Gasteiger charge is -2.16. The molecule has 1 rings (SSSR count). The Morgan fingerprint density at radius 2 is 2.25 bits per heavy atom. The Balaban J connectivity index is 2.39. The quantitative estimate of drug-likeness (QED) is 0.874. The van der Waals surface area contributed by atoms with Gasteiger partial charge in [-0.25, -0.2) is 0 Å².